The lowest BCUT2D eigenvalue weighted by atomic mass is 10.1. The van der Waals surface area contributed by atoms with Gasteiger partial charge >= 0.3 is 0 Å². The number of rotatable bonds is 4. The van der Waals surface area contributed by atoms with Crippen LogP contribution in [0.4, 0.5) is 0 Å². The highest BCUT2D eigenvalue weighted by Crippen LogP contribution is 2.41. The van der Waals surface area contributed by atoms with Crippen molar-refractivity contribution in [1.29, 1.82) is 0 Å². The summed E-state index contributed by atoms with van der Waals surface area (Å²) in [7, 11) is 0. The van der Waals surface area contributed by atoms with Crippen LogP contribution in [0.1, 0.15) is 33.1 Å². The number of hydrogen-bond donors (Lipinski definition) is 0. The van der Waals surface area contributed by atoms with Gasteiger partial charge in [-0.1, -0.05) is 31.2 Å². The average molecular weight is 150 g/mol. The zero-order valence-corrected chi connectivity index (χ0v) is 7.64. The lowest BCUT2D eigenvalue weighted by Gasteiger charge is -1.93. The first-order valence-electron chi connectivity index (χ1n) is 4.53. The van der Waals surface area contributed by atoms with E-state index in [1.54, 1.807) is 0 Å². The molecule has 62 valence electrons. The van der Waals surface area contributed by atoms with Crippen LogP contribution in [0.3, 0.4) is 0 Å². The summed E-state index contributed by atoms with van der Waals surface area (Å²) in [6.45, 7) is 8.18. The van der Waals surface area contributed by atoms with Gasteiger partial charge in [-0.25, -0.2) is 0 Å². The Bertz CT molecular complexity index is 165. The van der Waals surface area contributed by atoms with Crippen molar-refractivity contribution >= 4 is 0 Å². The van der Waals surface area contributed by atoms with Crippen molar-refractivity contribution < 1.29 is 0 Å². The van der Waals surface area contributed by atoms with E-state index in [9.17, 15) is 0 Å². The first-order valence-corrected chi connectivity index (χ1v) is 4.53. The molecule has 1 fully saturated rings. The Morgan fingerprint density at radius 1 is 1.64 bits per heavy atom. The molecule has 1 aliphatic carbocycles. The van der Waals surface area contributed by atoms with Crippen molar-refractivity contribution in [3.05, 3.63) is 24.3 Å². The van der Waals surface area contributed by atoms with Gasteiger partial charge in [0.25, 0.3) is 0 Å². The fraction of sp³-hybridized carbons (Fsp3) is 0.636. The van der Waals surface area contributed by atoms with E-state index < -0.39 is 0 Å². The maximum Gasteiger partial charge on any atom is -0.0342 e. The molecule has 1 saturated carbocycles. The van der Waals surface area contributed by atoms with Gasteiger partial charge in [-0.2, -0.15) is 0 Å². The Hall–Kier alpha value is -0.520. The van der Waals surface area contributed by atoms with Crippen LogP contribution in [0.25, 0.3) is 0 Å². The van der Waals surface area contributed by atoms with Gasteiger partial charge in [0.2, 0.25) is 0 Å². The molecule has 0 N–H and O–H groups in total. The summed E-state index contributed by atoms with van der Waals surface area (Å²) in [5, 5.41) is 0. The quantitative estimate of drug-likeness (QED) is 0.537. The Labute approximate surface area is 70.0 Å². The van der Waals surface area contributed by atoms with Crippen molar-refractivity contribution in [1.82, 2.24) is 0 Å². The van der Waals surface area contributed by atoms with Crippen LogP contribution >= 0.6 is 0 Å². The summed E-state index contributed by atoms with van der Waals surface area (Å²) < 4.78 is 0. The first-order chi connectivity index (χ1) is 5.24. The average Bonchev–Trinajstić information content (AvgIpc) is 2.66. The summed E-state index contributed by atoms with van der Waals surface area (Å²) in [6.07, 6.45) is 8.30. The molecular formula is C11H18. The summed E-state index contributed by atoms with van der Waals surface area (Å²) in [5.74, 6) is 2.04. The van der Waals surface area contributed by atoms with Crippen molar-refractivity contribution in [3.8, 4) is 0 Å². The summed E-state index contributed by atoms with van der Waals surface area (Å²) in [6, 6.07) is 0. The van der Waals surface area contributed by atoms with Crippen molar-refractivity contribution in [2.45, 2.75) is 33.1 Å². The van der Waals surface area contributed by atoms with Gasteiger partial charge < -0.3 is 0 Å². The molecule has 2 atom stereocenters. The molecule has 0 heteroatoms. The summed E-state index contributed by atoms with van der Waals surface area (Å²) in [4.78, 5) is 0. The van der Waals surface area contributed by atoms with Crippen LogP contribution in [-0.2, 0) is 0 Å². The van der Waals surface area contributed by atoms with E-state index in [1.807, 2.05) is 6.08 Å². The third-order valence-corrected chi connectivity index (χ3v) is 2.60. The Balaban J connectivity index is 2.08. The molecule has 0 bridgehead atoms. The van der Waals surface area contributed by atoms with Gasteiger partial charge in [0.1, 0.15) is 0 Å². The third-order valence-electron chi connectivity index (χ3n) is 2.60. The van der Waals surface area contributed by atoms with E-state index in [0.29, 0.717) is 0 Å². The molecule has 0 aliphatic heterocycles. The van der Waals surface area contributed by atoms with Crippen LogP contribution in [0.5, 0.6) is 0 Å². The van der Waals surface area contributed by atoms with Gasteiger partial charge in [0.05, 0.1) is 0 Å². The maximum absolute atomic E-state index is 3.72. The molecule has 1 aliphatic rings. The molecule has 2 unspecified atom stereocenters. The SMILES string of the molecule is C=CC(C)=CCCC1CC1C. The molecule has 0 aromatic rings. The van der Waals surface area contributed by atoms with E-state index in [2.05, 4.69) is 26.5 Å². The third kappa shape index (κ3) is 2.92. The van der Waals surface area contributed by atoms with Crippen LogP contribution < -0.4 is 0 Å². The lowest BCUT2D eigenvalue weighted by molar-refractivity contribution is 0.683. The van der Waals surface area contributed by atoms with E-state index in [0.717, 1.165) is 11.8 Å². The van der Waals surface area contributed by atoms with Crippen LogP contribution in [0.15, 0.2) is 24.3 Å². The second-order valence-corrected chi connectivity index (χ2v) is 3.70. The van der Waals surface area contributed by atoms with E-state index >= 15 is 0 Å². The molecule has 0 aromatic heterocycles. The predicted molar refractivity (Wildman–Crippen MR) is 50.5 cm³/mol. The first kappa shape index (κ1) is 8.58. The molecule has 1 rings (SSSR count). The van der Waals surface area contributed by atoms with Crippen LogP contribution in [0.2, 0.25) is 0 Å². The van der Waals surface area contributed by atoms with E-state index in [-0.39, 0.29) is 0 Å². The van der Waals surface area contributed by atoms with Crippen LogP contribution in [0, 0.1) is 11.8 Å². The summed E-state index contributed by atoms with van der Waals surface area (Å²) >= 11 is 0. The second kappa shape index (κ2) is 3.75. The standard InChI is InChI=1S/C11H18/c1-4-9(2)6-5-7-11-8-10(11)3/h4,6,10-11H,1,5,7-8H2,2-3H3. The van der Waals surface area contributed by atoms with Crippen LogP contribution in [-0.4, -0.2) is 0 Å². The van der Waals surface area contributed by atoms with E-state index in [4.69, 9.17) is 0 Å². The molecule has 0 spiro atoms. The number of hydrogen-bond acceptors (Lipinski definition) is 0. The highest BCUT2D eigenvalue weighted by molar-refractivity contribution is 5.12. The van der Waals surface area contributed by atoms with Gasteiger partial charge in [-0.05, 0) is 38.0 Å². The summed E-state index contributed by atoms with van der Waals surface area (Å²) in [5.41, 5.74) is 1.32. The maximum atomic E-state index is 3.72. The molecular weight excluding hydrogens is 132 g/mol. The van der Waals surface area contributed by atoms with E-state index in [1.165, 1.54) is 24.8 Å². The minimum absolute atomic E-state index is 1.01. The fourth-order valence-electron chi connectivity index (χ4n) is 1.41. The highest BCUT2D eigenvalue weighted by Gasteiger charge is 2.30. The Morgan fingerprint density at radius 3 is 2.73 bits per heavy atom. The Kier molecular flexibility index (Phi) is 2.92. The highest BCUT2D eigenvalue weighted by atomic mass is 14.4. The lowest BCUT2D eigenvalue weighted by Crippen LogP contribution is -1.78. The predicted octanol–water partition coefficient (Wildman–Crippen LogP) is 3.55. The Morgan fingerprint density at radius 2 is 2.27 bits per heavy atom. The van der Waals surface area contributed by atoms with Crippen molar-refractivity contribution in [2.24, 2.45) is 11.8 Å². The molecule has 11 heavy (non-hydrogen) atoms. The van der Waals surface area contributed by atoms with Gasteiger partial charge in [0.15, 0.2) is 0 Å². The van der Waals surface area contributed by atoms with Crippen molar-refractivity contribution in [2.75, 3.05) is 0 Å². The monoisotopic (exact) mass is 150 g/mol. The molecule has 0 aromatic carbocycles. The fourth-order valence-corrected chi connectivity index (χ4v) is 1.41. The molecule has 0 radical (unpaired) electrons. The normalized spacial score (nSPS) is 30.2. The molecule has 0 amide bonds. The molecule has 0 heterocycles. The minimum Gasteiger partial charge on any atom is -0.0988 e. The van der Waals surface area contributed by atoms with Crippen molar-refractivity contribution in [3.63, 3.8) is 0 Å². The molecule has 0 nitrogen and oxygen atoms in total. The van der Waals surface area contributed by atoms with Gasteiger partial charge in [-0.15, -0.1) is 0 Å². The minimum atomic E-state index is 1.01. The zero-order valence-electron chi connectivity index (χ0n) is 7.64. The van der Waals surface area contributed by atoms with Gasteiger partial charge in [0, 0.05) is 0 Å². The molecule has 0 saturated heterocycles. The zero-order chi connectivity index (χ0) is 8.27. The number of allylic oxidation sites excluding steroid dienone is 3. The smallest absolute Gasteiger partial charge is 0.0342 e. The second-order valence-electron chi connectivity index (χ2n) is 3.70. The van der Waals surface area contributed by atoms with Gasteiger partial charge in [-0.3, -0.25) is 0 Å². The largest absolute Gasteiger partial charge is 0.0988 e. The topological polar surface area (TPSA) is 0 Å².